The fourth-order valence-electron chi connectivity index (χ4n) is 2.26. The SMILES string of the molecule is COC(=O)C(C)(C)CCC(C)(CC(C)C=O)C(=O)OC. The molecule has 0 rings (SSSR count). The molecule has 0 aromatic rings. The molecule has 0 aliphatic heterocycles. The maximum Gasteiger partial charge on any atom is 0.311 e. The third-order valence-corrected chi connectivity index (χ3v) is 3.72. The largest absolute Gasteiger partial charge is 0.469 e. The lowest BCUT2D eigenvalue weighted by Crippen LogP contribution is -2.35. The predicted octanol–water partition coefficient (Wildman–Crippen LogP) is 2.37. The van der Waals surface area contributed by atoms with Gasteiger partial charge in [-0.2, -0.15) is 0 Å². The molecule has 2 atom stereocenters. The van der Waals surface area contributed by atoms with E-state index in [9.17, 15) is 14.4 Å². The minimum Gasteiger partial charge on any atom is -0.469 e. The van der Waals surface area contributed by atoms with Gasteiger partial charge in [0.25, 0.3) is 0 Å². The zero-order chi connectivity index (χ0) is 16.0. The van der Waals surface area contributed by atoms with Crippen LogP contribution in [0.25, 0.3) is 0 Å². The highest BCUT2D eigenvalue weighted by Crippen LogP contribution is 2.37. The molecule has 0 aliphatic rings. The topological polar surface area (TPSA) is 69.7 Å². The van der Waals surface area contributed by atoms with Crippen LogP contribution in [-0.2, 0) is 23.9 Å². The summed E-state index contributed by atoms with van der Waals surface area (Å²) in [6.07, 6.45) is 2.17. The molecule has 0 fully saturated rings. The summed E-state index contributed by atoms with van der Waals surface area (Å²) in [5.41, 5.74) is -1.45. The smallest absolute Gasteiger partial charge is 0.311 e. The summed E-state index contributed by atoms with van der Waals surface area (Å²) in [4.78, 5) is 34.5. The maximum absolute atomic E-state index is 12.0. The Labute approximate surface area is 121 Å². The molecule has 0 spiro atoms. The van der Waals surface area contributed by atoms with E-state index in [1.54, 1.807) is 27.7 Å². The lowest BCUT2D eigenvalue weighted by molar-refractivity contribution is -0.157. The van der Waals surface area contributed by atoms with Gasteiger partial charge in [0.1, 0.15) is 6.29 Å². The van der Waals surface area contributed by atoms with Gasteiger partial charge in [-0.3, -0.25) is 9.59 Å². The number of esters is 2. The molecular weight excluding hydrogens is 260 g/mol. The molecule has 0 radical (unpaired) electrons. The van der Waals surface area contributed by atoms with Crippen LogP contribution in [0.5, 0.6) is 0 Å². The Morgan fingerprint density at radius 1 is 1.05 bits per heavy atom. The molecule has 0 saturated heterocycles. The Bertz CT molecular complexity index is 361. The second-order valence-electron chi connectivity index (χ2n) is 6.25. The van der Waals surface area contributed by atoms with Crippen LogP contribution in [0.3, 0.4) is 0 Å². The van der Waals surface area contributed by atoms with E-state index in [1.165, 1.54) is 14.2 Å². The van der Waals surface area contributed by atoms with Crippen molar-refractivity contribution in [2.75, 3.05) is 14.2 Å². The van der Waals surface area contributed by atoms with E-state index in [0.717, 1.165) is 6.29 Å². The molecular formula is C15H26O5. The lowest BCUT2D eigenvalue weighted by Gasteiger charge is -2.31. The van der Waals surface area contributed by atoms with Gasteiger partial charge in [0.15, 0.2) is 0 Å². The molecule has 2 unspecified atom stereocenters. The Balaban J connectivity index is 4.96. The van der Waals surface area contributed by atoms with Crippen LogP contribution in [0.1, 0.15) is 47.0 Å². The molecule has 116 valence electrons. The number of aldehydes is 1. The van der Waals surface area contributed by atoms with Crippen molar-refractivity contribution in [2.24, 2.45) is 16.7 Å². The van der Waals surface area contributed by atoms with Gasteiger partial charge in [-0.15, -0.1) is 0 Å². The quantitative estimate of drug-likeness (QED) is 0.506. The van der Waals surface area contributed by atoms with Gasteiger partial charge in [-0.1, -0.05) is 6.92 Å². The molecule has 0 aromatic heterocycles. The second-order valence-corrected chi connectivity index (χ2v) is 6.25. The van der Waals surface area contributed by atoms with Crippen molar-refractivity contribution in [3.8, 4) is 0 Å². The van der Waals surface area contributed by atoms with Crippen molar-refractivity contribution in [2.45, 2.75) is 47.0 Å². The van der Waals surface area contributed by atoms with Crippen LogP contribution in [0.4, 0.5) is 0 Å². The second kappa shape index (κ2) is 7.41. The molecule has 0 heterocycles. The average Bonchev–Trinajstić information content (AvgIpc) is 2.43. The highest BCUT2D eigenvalue weighted by atomic mass is 16.5. The standard InChI is InChI=1S/C15H26O5/c1-11(10-16)9-15(4,13(18)20-6)8-7-14(2,3)12(17)19-5/h10-11H,7-9H2,1-6H3. The fourth-order valence-corrected chi connectivity index (χ4v) is 2.26. The summed E-state index contributed by atoms with van der Waals surface area (Å²) in [6, 6.07) is 0. The highest BCUT2D eigenvalue weighted by Gasteiger charge is 2.39. The molecule has 5 heteroatoms. The van der Waals surface area contributed by atoms with Crippen LogP contribution in [-0.4, -0.2) is 32.4 Å². The van der Waals surface area contributed by atoms with Gasteiger partial charge in [-0.25, -0.2) is 0 Å². The van der Waals surface area contributed by atoms with Gasteiger partial charge < -0.3 is 14.3 Å². The van der Waals surface area contributed by atoms with Gasteiger partial charge in [0, 0.05) is 5.92 Å². The van der Waals surface area contributed by atoms with E-state index in [2.05, 4.69) is 0 Å². The first-order chi connectivity index (χ1) is 9.12. The van der Waals surface area contributed by atoms with Crippen LogP contribution in [0, 0.1) is 16.7 Å². The normalized spacial score (nSPS) is 15.9. The van der Waals surface area contributed by atoms with Crippen LogP contribution in [0.15, 0.2) is 0 Å². The number of carbonyl (C=O) groups is 3. The Hall–Kier alpha value is -1.39. The van der Waals surface area contributed by atoms with Crippen molar-refractivity contribution in [1.82, 2.24) is 0 Å². The zero-order valence-electron chi connectivity index (χ0n) is 13.3. The predicted molar refractivity (Wildman–Crippen MR) is 75.0 cm³/mol. The summed E-state index contributed by atoms with van der Waals surface area (Å²) in [7, 11) is 2.68. The summed E-state index contributed by atoms with van der Waals surface area (Å²) in [5, 5.41) is 0. The molecule has 0 N–H and O–H groups in total. The number of methoxy groups -OCH3 is 2. The molecule has 0 aromatic carbocycles. The van der Waals surface area contributed by atoms with E-state index in [1.807, 2.05) is 0 Å². The van der Waals surface area contributed by atoms with E-state index in [0.29, 0.717) is 19.3 Å². The Morgan fingerprint density at radius 3 is 1.95 bits per heavy atom. The van der Waals surface area contributed by atoms with Crippen LogP contribution < -0.4 is 0 Å². The van der Waals surface area contributed by atoms with Crippen LogP contribution >= 0.6 is 0 Å². The first kappa shape index (κ1) is 18.6. The molecule has 0 aliphatic carbocycles. The van der Waals surface area contributed by atoms with Crippen molar-refractivity contribution in [3.63, 3.8) is 0 Å². The van der Waals surface area contributed by atoms with Gasteiger partial charge in [0.2, 0.25) is 0 Å². The highest BCUT2D eigenvalue weighted by molar-refractivity contribution is 5.78. The Morgan fingerprint density at radius 2 is 1.55 bits per heavy atom. The monoisotopic (exact) mass is 286 g/mol. The van der Waals surface area contributed by atoms with E-state index in [-0.39, 0.29) is 17.9 Å². The number of hydrogen-bond donors (Lipinski definition) is 0. The van der Waals surface area contributed by atoms with Crippen molar-refractivity contribution < 1.29 is 23.9 Å². The average molecular weight is 286 g/mol. The maximum atomic E-state index is 12.0. The number of ether oxygens (including phenoxy) is 2. The van der Waals surface area contributed by atoms with Crippen molar-refractivity contribution >= 4 is 18.2 Å². The summed E-state index contributed by atoms with van der Waals surface area (Å²) in [5.74, 6) is -0.902. The minimum absolute atomic E-state index is 0.236. The third-order valence-electron chi connectivity index (χ3n) is 3.72. The minimum atomic E-state index is -0.777. The first-order valence-electron chi connectivity index (χ1n) is 6.75. The fraction of sp³-hybridized carbons (Fsp3) is 0.800. The lowest BCUT2D eigenvalue weighted by atomic mass is 9.73. The van der Waals surface area contributed by atoms with Gasteiger partial charge >= 0.3 is 11.9 Å². The van der Waals surface area contributed by atoms with E-state index < -0.39 is 10.8 Å². The van der Waals surface area contributed by atoms with Gasteiger partial charge in [-0.05, 0) is 40.0 Å². The Kier molecular flexibility index (Phi) is 6.89. The summed E-state index contributed by atoms with van der Waals surface area (Å²) >= 11 is 0. The zero-order valence-corrected chi connectivity index (χ0v) is 13.3. The van der Waals surface area contributed by atoms with E-state index >= 15 is 0 Å². The molecule has 5 nitrogen and oxygen atoms in total. The number of hydrogen-bond acceptors (Lipinski definition) is 5. The molecule has 0 bridgehead atoms. The first-order valence-corrected chi connectivity index (χ1v) is 6.75. The number of rotatable bonds is 8. The van der Waals surface area contributed by atoms with Crippen molar-refractivity contribution in [1.29, 1.82) is 0 Å². The molecule has 0 amide bonds. The van der Waals surface area contributed by atoms with E-state index in [4.69, 9.17) is 9.47 Å². The number of carbonyl (C=O) groups excluding carboxylic acids is 3. The summed E-state index contributed by atoms with van der Waals surface area (Å²) < 4.78 is 9.60. The molecule has 20 heavy (non-hydrogen) atoms. The molecule has 0 saturated carbocycles. The summed E-state index contributed by atoms with van der Waals surface area (Å²) in [6.45, 7) is 7.09. The third kappa shape index (κ3) is 4.94. The van der Waals surface area contributed by atoms with Gasteiger partial charge in [0.05, 0.1) is 25.0 Å². The van der Waals surface area contributed by atoms with Crippen molar-refractivity contribution in [3.05, 3.63) is 0 Å². The van der Waals surface area contributed by atoms with Crippen LogP contribution in [0.2, 0.25) is 0 Å².